The lowest BCUT2D eigenvalue weighted by atomic mass is 10.1. The molecular formula is C25H21NO4S. The average molecular weight is 432 g/mol. The second kappa shape index (κ2) is 9.36. The van der Waals surface area contributed by atoms with Crippen LogP contribution in [-0.2, 0) is 10.0 Å². The summed E-state index contributed by atoms with van der Waals surface area (Å²) in [6.07, 6.45) is 0. The van der Waals surface area contributed by atoms with Gasteiger partial charge in [0, 0.05) is 11.8 Å². The highest BCUT2D eigenvalue weighted by Gasteiger charge is 2.20. The van der Waals surface area contributed by atoms with Gasteiger partial charge in [0.15, 0.2) is 11.5 Å². The summed E-state index contributed by atoms with van der Waals surface area (Å²) in [5, 5.41) is 0. The summed E-state index contributed by atoms with van der Waals surface area (Å²) in [5.41, 5.74) is 3.07. The molecule has 0 aliphatic carbocycles. The Balaban J connectivity index is 0.000000166. The summed E-state index contributed by atoms with van der Waals surface area (Å²) in [6.45, 7) is 0.116. The fourth-order valence-electron chi connectivity index (χ4n) is 3.03. The van der Waals surface area contributed by atoms with Crippen LogP contribution in [0.2, 0.25) is 0 Å². The van der Waals surface area contributed by atoms with Gasteiger partial charge in [0.05, 0.1) is 4.90 Å². The predicted molar refractivity (Wildman–Crippen MR) is 122 cm³/mol. The molecule has 0 bridgehead atoms. The van der Waals surface area contributed by atoms with Crippen LogP contribution in [0.1, 0.15) is 0 Å². The number of ether oxygens (including phenoxy) is 2. The zero-order valence-electron chi connectivity index (χ0n) is 16.6. The zero-order chi connectivity index (χ0) is 21.5. The molecule has 4 aromatic rings. The molecule has 0 amide bonds. The molecule has 1 aliphatic heterocycles. The van der Waals surface area contributed by atoms with Gasteiger partial charge in [-0.1, -0.05) is 78.9 Å². The number of benzene rings is 4. The van der Waals surface area contributed by atoms with Crippen LogP contribution in [0.3, 0.4) is 0 Å². The van der Waals surface area contributed by atoms with Crippen molar-refractivity contribution in [3.8, 4) is 22.6 Å². The number of nitrogens with one attached hydrogen (secondary N) is 1. The third-order valence-corrected chi connectivity index (χ3v) is 5.94. The predicted octanol–water partition coefficient (Wildman–Crippen LogP) is 5.57. The molecule has 4 aromatic carbocycles. The van der Waals surface area contributed by atoms with Gasteiger partial charge in [-0.25, -0.2) is 8.42 Å². The van der Waals surface area contributed by atoms with Crippen LogP contribution >= 0.6 is 0 Å². The zero-order valence-corrected chi connectivity index (χ0v) is 17.5. The van der Waals surface area contributed by atoms with Crippen LogP contribution in [0.15, 0.2) is 114 Å². The van der Waals surface area contributed by atoms with Crippen molar-refractivity contribution in [2.45, 2.75) is 4.90 Å². The van der Waals surface area contributed by atoms with Crippen molar-refractivity contribution in [1.29, 1.82) is 0 Å². The van der Waals surface area contributed by atoms with Crippen molar-refractivity contribution in [2.75, 3.05) is 11.5 Å². The lowest BCUT2D eigenvalue weighted by molar-refractivity contribution is 0.174. The molecule has 1 N–H and O–H groups in total. The van der Waals surface area contributed by atoms with E-state index in [1.807, 2.05) is 18.2 Å². The summed E-state index contributed by atoms with van der Waals surface area (Å²) in [5.74, 6) is 0.995. The summed E-state index contributed by atoms with van der Waals surface area (Å²) in [7, 11) is -3.62. The Morgan fingerprint density at radius 2 is 1.13 bits per heavy atom. The second-order valence-corrected chi connectivity index (χ2v) is 8.40. The van der Waals surface area contributed by atoms with Crippen molar-refractivity contribution in [3.63, 3.8) is 0 Å². The monoisotopic (exact) mass is 431 g/mol. The van der Waals surface area contributed by atoms with Crippen molar-refractivity contribution >= 4 is 15.7 Å². The molecule has 5 rings (SSSR count). The number of fused-ring (bicyclic) bond motifs is 1. The molecular weight excluding hydrogens is 410 g/mol. The van der Waals surface area contributed by atoms with Crippen LogP contribution < -0.4 is 14.2 Å². The Labute approximate surface area is 182 Å². The number of para-hydroxylation sites is 1. The number of rotatable bonds is 4. The molecule has 0 radical (unpaired) electrons. The molecule has 0 aromatic heterocycles. The molecule has 1 aliphatic rings. The maximum absolute atomic E-state index is 12.2. The molecule has 0 atom stereocenters. The second-order valence-electron chi connectivity index (χ2n) is 6.72. The molecule has 5 nitrogen and oxygen atoms in total. The largest absolute Gasteiger partial charge is 0.454 e. The van der Waals surface area contributed by atoms with Crippen LogP contribution in [0, 0.1) is 0 Å². The molecule has 0 saturated carbocycles. The minimum absolute atomic E-state index is 0.116. The van der Waals surface area contributed by atoms with E-state index < -0.39 is 10.0 Å². The van der Waals surface area contributed by atoms with Gasteiger partial charge < -0.3 is 9.47 Å². The summed E-state index contributed by atoms with van der Waals surface area (Å²) in [6, 6.07) is 34.0. The highest BCUT2D eigenvalue weighted by molar-refractivity contribution is 7.92. The smallest absolute Gasteiger partial charge is 0.262 e. The van der Waals surface area contributed by atoms with Crippen LogP contribution in [0.5, 0.6) is 11.5 Å². The van der Waals surface area contributed by atoms with Crippen molar-refractivity contribution < 1.29 is 17.9 Å². The first-order chi connectivity index (χ1) is 15.1. The lowest BCUT2D eigenvalue weighted by Crippen LogP contribution is -2.12. The van der Waals surface area contributed by atoms with E-state index in [2.05, 4.69) is 53.3 Å². The topological polar surface area (TPSA) is 64.6 Å². The van der Waals surface area contributed by atoms with E-state index >= 15 is 0 Å². The van der Waals surface area contributed by atoms with E-state index in [0.717, 1.165) is 0 Å². The maximum Gasteiger partial charge on any atom is 0.262 e. The van der Waals surface area contributed by atoms with Gasteiger partial charge in [0.25, 0.3) is 10.0 Å². The van der Waals surface area contributed by atoms with Crippen LogP contribution in [-0.4, -0.2) is 15.2 Å². The first kappa shape index (κ1) is 20.5. The molecule has 1 heterocycles. The molecule has 0 spiro atoms. The Bertz CT molecular complexity index is 1190. The maximum atomic E-state index is 12.2. The third-order valence-electron chi connectivity index (χ3n) is 4.56. The van der Waals surface area contributed by atoms with Gasteiger partial charge >= 0.3 is 0 Å². The van der Waals surface area contributed by atoms with E-state index in [0.29, 0.717) is 17.2 Å². The van der Waals surface area contributed by atoms with E-state index in [1.54, 1.807) is 30.3 Å². The van der Waals surface area contributed by atoms with Crippen LogP contribution in [0.25, 0.3) is 11.1 Å². The van der Waals surface area contributed by atoms with Crippen LogP contribution in [0.4, 0.5) is 5.69 Å². The summed E-state index contributed by atoms with van der Waals surface area (Å²) in [4.78, 5) is 0.139. The summed E-state index contributed by atoms with van der Waals surface area (Å²) >= 11 is 0. The van der Waals surface area contributed by atoms with Gasteiger partial charge in [0.2, 0.25) is 6.79 Å². The molecule has 0 fully saturated rings. The fourth-order valence-corrected chi connectivity index (χ4v) is 4.10. The molecule has 156 valence electrons. The SMILES string of the molecule is O=S(=O)(Nc1ccccc1)c1ccc2c(c1)OCO2.c1ccc(-c2ccccc2)cc1. The van der Waals surface area contributed by atoms with E-state index in [4.69, 9.17) is 9.47 Å². The molecule has 0 saturated heterocycles. The van der Waals surface area contributed by atoms with Crippen molar-refractivity contribution in [1.82, 2.24) is 0 Å². The van der Waals surface area contributed by atoms with Crippen molar-refractivity contribution in [2.24, 2.45) is 0 Å². The average Bonchev–Trinajstić information content (AvgIpc) is 3.29. The number of anilines is 1. The molecule has 6 heteroatoms. The fraction of sp³-hybridized carbons (Fsp3) is 0.0400. The standard InChI is InChI=1S/C13H11NO4S.C12H10/c15-19(16,14-10-4-2-1-3-5-10)11-6-7-12-13(8-11)18-9-17-12;1-3-7-11(8-4-1)12-9-5-2-6-10-12/h1-8,14H,9H2;1-10H. The van der Waals surface area contributed by atoms with E-state index in [1.165, 1.54) is 23.3 Å². The Hall–Kier alpha value is -3.77. The highest BCUT2D eigenvalue weighted by atomic mass is 32.2. The molecule has 0 unspecified atom stereocenters. The Morgan fingerprint density at radius 1 is 0.613 bits per heavy atom. The first-order valence-corrected chi connectivity index (χ1v) is 11.2. The Kier molecular flexibility index (Phi) is 6.19. The Morgan fingerprint density at radius 3 is 1.71 bits per heavy atom. The minimum Gasteiger partial charge on any atom is -0.454 e. The third kappa shape index (κ3) is 5.24. The van der Waals surface area contributed by atoms with E-state index in [-0.39, 0.29) is 11.7 Å². The lowest BCUT2D eigenvalue weighted by Gasteiger charge is -2.08. The minimum atomic E-state index is -3.62. The van der Waals surface area contributed by atoms with Crippen molar-refractivity contribution in [3.05, 3.63) is 109 Å². The van der Waals surface area contributed by atoms with Gasteiger partial charge in [-0.15, -0.1) is 0 Å². The quantitative estimate of drug-likeness (QED) is 0.459. The van der Waals surface area contributed by atoms with E-state index in [9.17, 15) is 8.42 Å². The number of hydrogen-bond donors (Lipinski definition) is 1. The van der Waals surface area contributed by atoms with Gasteiger partial charge in [0.1, 0.15) is 0 Å². The molecule has 31 heavy (non-hydrogen) atoms. The number of hydrogen-bond acceptors (Lipinski definition) is 4. The first-order valence-electron chi connectivity index (χ1n) is 9.70. The van der Waals surface area contributed by atoms with Gasteiger partial charge in [-0.05, 0) is 35.4 Å². The van der Waals surface area contributed by atoms with Gasteiger partial charge in [-0.2, -0.15) is 0 Å². The summed E-state index contributed by atoms with van der Waals surface area (Å²) < 4.78 is 37.2. The normalized spacial score (nSPS) is 11.9. The van der Waals surface area contributed by atoms with Gasteiger partial charge in [-0.3, -0.25) is 4.72 Å². The highest BCUT2D eigenvalue weighted by Crippen LogP contribution is 2.34. The number of sulfonamides is 1.